The summed E-state index contributed by atoms with van der Waals surface area (Å²) in [5.74, 6) is -1.44. The van der Waals surface area contributed by atoms with Gasteiger partial charge in [-0.2, -0.15) is 5.26 Å². The summed E-state index contributed by atoms with van der Waals surface area (Å²) in [4.78, 5) is 10.3. The molecule has 1 N–H and O–H groups in total. The van der Waals surface area contributed by atoms with Crippen molar-refractivity contribution in [2.24, 2.45) is 0 Å². The van der Waals surface area contributed by atoms with Gasteiger partial charge in [-0.05, 0) is 0 Å². The molecule has 0 aromatic carbocycles. The Morgan fingerprint density at radius 3 is 2.50 bits per heavy atom. The van der Waals surface area contributed by atoms with Gasteiger partial charge in [0.05, 0.1) is 0 Å². The van der Waals surface area contributed by atoms with Crippen LogP contribution in [0.1, 0.15) is 0 Å². The van der Waals surface area contributed by atoms with Gasteiger partial charge < -0.3 is 0 Å². The second-order valence-corrected chi connectivity index (χ2v) is 3.87. The Labute approximate surface area is 58.6 Å². The third-order valence-electron chi connectivity index (χ3n) is 0.589. The van der Waals surface area contributed by atoms with Crippen molar-refractivity contribution in [3.63, 3.8) is 0 Å². The number of carbonyl (C=O) groups is 1. The van der Waals surface area contributed by atoms with Crippen LogP contribution in [0.3, 0.4) is 0 Å². The van der Waals surface area contributed by atoms with Crippen molar-refractivity contribution in [1.82, 2.24) is 5.32 Å². The van der Waals surface area contributed by atoms with Crippen molar-refractivity contribution in [2.75, 3.05) is 12.0 Å². The number of amides is 1. The minimum atomic E-state index is -3.31. The molecule has 0 atom stereocenters. The summed E-state index contributed by atoms with van der Waals surface area (Å²) >= 11 is 0. The van der Waals surface area contributed by atoms with E-state index in [1.54, 1.807) is 5.32 Å². The van der Waals surface area contributed by atoms with Crippen LogP contribution in [0.5, 0.6) is 0 Å². The van der Waals surface area contributed by atoms with Crippen LogP contribution in [0.25, 0.3) is 0 Å². The van der Waals surface area contributed by atoms with Gasteiger partial charge in [-0.25, -0.2) is 8.42 Å². The molecule has 56 valence electrons. The molecule has 0 rings (SSSR count). The van der Waals surface area contributed by atoms with E-state index in [1.807, 2.05) is 0 Å². The average molecular weight is 162 g/mol. The predicted molar refractivity (Wildman–Crippen MR) is 33.5 cm³/mol. The molecule has 0 aromatic heterocycles. The summed E-state index contributed by atoms with van der Waals surface area (Å²) in [6.45, 7) is 0. The molecule has 0 unspecified atom stereocenters. The first-order chi connectivity index (χ1) is 4.45. The maximum absolute atomic E-state index is 10.3. The molecule has 6 heteroatoms. The van der Waals surface area contributed by atoms with E-state index >= 15 is 0 Å². The minimum absolute atomic E-state index is 0.638. The molecule has 0 saturated carbocycles. The summed E-state index contributed by atoms with van der Waals surface area (Å²) in [6.07, 6.45) is 2.25. The van der Waals surface area contributed by atoms with Gasteiger partial charge in [0.1, 0.15) is 5.75 Å². The normalized spacial score (nSPS) is 10.0. The van der Waals surface area contributed by atoms with E-state index < -0.39 is 21.5 Å². The Morgan fingerprint density at radius 1 is 1.70 bits per heavy atom. The number of carbonyl (C=O) groups excluding carboxylic acids is 1. The number of nitrogens with one attached hydrogen (secondary N) is 1. The highest BCUT2D eigenvalue weighted by Crippen LogP contribution is 1.80. The highest BCUT2D eigenvalue weighted by molar-refractivity contribution is 7.91. The van der Waals surface area contributed by atoms with Crippen LogP contribution < -0.4 is 5.32 Å². The molecule has 0 fully saturated rings. The number of sulfone groups is 1. The maximum Gasteiger partial charge on any atom is 0.248 e. The summed E-state index contributed by atoms with van der Waals surface area (Å²) in [5, 5.41) is 9.55. The summed E-state index contributed by atoms with van der Waals surface area (Å²) in [5.41, 5.74) is 0. The highest BCUT2D eigenvalue weighted by Gasteiger charge is 2.08. The van der Waals surface area contributed by atoms with Gasteiger partial charge in [-0.1, -0.05) is 0 Å². The summed E-state index contributed by atoms with van der Waals surface area (Å²) < 4.78 is 20.7. The van der Waals surface area contributed by atoms with Gasteiger partial charge in [0.2, 0.25) is 5.91 Å². The van der Waals surface area contributed by atoms with Gasteiger partial charge in [0.15, 0.2) is 16.0 Å². The first kappa shape index (κ1) is 8.91. The maximum atomic E-state index is 10.3. The molecule has 0 radical (unpaired) electrons. The Kier molecular flexibility index (Phi) is 2.83. The van der Waals surface area contributed by atoms with Crippen molar-refractivity contribution in [3.8, 4) is 6.19 Å². The highest BCUT2D eigenvalue weighted by atomic mass is 32.2. The van der Waals surface area contributed by atoms with Gasteiger partial charge >= 0.3 is 0 Å². The van der Waals surface area contributed by atoms with Crippen LogP contribution in [0.2, 0.25) is 0 Å². The van der Waals surface area contributed by atoms with Gasteiger partial charge in [-0.15, -0.1) is 0 Å². The zero-order valence-electron chi connectivity index (χ0n) is 5.29. The number of nitriles is 1. The van der Waals surface area contributed by atoms with Crippen molar-refractivity contribution >= 4 is 15.7 Å². The largest absolute Gasteiger partial charge is 0.273 e. The third kappa shape index (κ3) is 5.05. The fourth-order valence-corrected chi connectivity index (χ4v) is 0.885. The molecular weight excluding hydrogens is 156 g/mol. The smallest absolute Gasteiger partial charge is 0.248 e. The van der Waals surface area contributed by atoms with Gasteiger partial charge in [0.25, 0.3) is 0 Å². The van der Waals surface area contributed by atoms with E-state index in [2.05, 4.69) is 0 Å². The molecule has 10 heavy (non-hydrogen) atoms. The number of hydrogen-bond acceptors (Lipinski definition) is 4. The second kappa shape index (κ2) is 3.17. The molecule has 0 aliphatic rings. The van der Waals surface area contributed by atoms with Crippen molar-refractivity contribution < 1.29 is 13.2 Å². The second-order valence-electron chi connectivity index (χ2n) is 1.73. The van der Waals surface area contributed by atoms with Crippen molar-refractivity contribution in [1.29, 1.82) is 5.26 Å². The molecule has 5 nitrogen and oxygen atoms in total. The molecule has 0 spiro atoms. The summed E-state index contributed by atoms with van der Waals surface area (Å²) in [7, 11) is -3.31. The zero-order chi connectivity index (χ0) is 8.20. The molecule has 0 aromatic rings. The quantitative estimate of drug-likeness (QED) is 0.401. The third-order valence-corrected chi connectivity index (χ3v) is 1.38. The van der Waals surface area contributed by atoms with E-state index in [1.165, 1.54) is 6.19 Å². The molecule has 1 amide bonds. The average Bonchev–Trinajstić information content (AvgIpc) is 1.59. The topological polar surface area (TPSA) is 87.0 Å². The lowest BCUT2D eigenvalue weighted by molar-refractivity contribution is -0.117. The zero-order valence-corrected chi connectivity index (χ0v) is 6.10. The molecule has 0 aliphatic heterocycles. The Hall–Kier alpha value is -1.09. The van der Waals surface area contributed by atoms with Crippen LogP contribution in [-0.2, 0) is 14.6 Å². The van der Waals surface area contributed by atoms with E-state index in [4.69, 9.17) is 5.26 Å². The number of hydrogen-bond donors (Lipinski definition) is 1. The Bertz CT molecular complexity index is 261. The minimum Gasteiger partial charge on any atom is -0.273 e. The van der Waals surface area contributed by atoms with Crippen LogP contribution in [0.15, 0.2) is 0 Å². The molecule has 0 saturated heterocycles. The number of nitrogens with zero attached hydrogens (tertiary/aromatic N) is 1. The Morgan fingerprint density at radius 2 is 2.20 bits per heavy atom. The molecular formula is C4H6N2O3S. The lowest BCUT2D eigenvalue weighted by Crippen LogP contribution is -2.25. The predicted octanol–water partition coefficient (Wildman–Crippen LogP) is -1.37. The Balaban J connectivity index is 3.97. The van der Waals surface area contributed by atoms with E-state index in [0.717, 1.165) is 6.26 Å². The van der Waals surface area contributed by atoms with Crippen LogP contribution in [0.4, 0.5) is 0 Å². The fourth-order valence-electron chi connectivity index (χ4n) is 0.337. The SMILES string of the molecule is CS(=O)(=O)CC(=O)NC#N. The van der Waals surface area contributed by atoms with Crippen LogP contribution >= 0.6 is 0 Å². The van der Waals surface area contributed by atoms with Crippen LogP contribution in [0, 0.1) is 11.5 Å². The van der Waals surface area contributed by atoms with Gasteiger partial charge in [0, 0.05) is 6.26 Å². The molecule has 0 aliphatic carbocycles. The van der Waals surface area contributed by atoms with Crippen LogP contribution in [-0.4, -0.2) is 26.3 Å². The lowest BCUT2D eigenvalue weighted by Gasteiger charge is -1.92. The first-order valence-corrected chi connectivity index (χ1v) is 4.37. The lowest BCUT2D eigenvalue weighted by atomic mass is 10.7. The fraction of sp³-hybridized carbons (Fsp3) is 0.500. The first-order valence-electron chi connectivity index (χ1n) is 2.31. The van der Waals surface area contributed by atoms with E-state index in [9.17, 15) is 13.2 Å². The summed E-state index contributed by atoms with van der Waals surface area (Å²) in [6, 6.07) is 0. The van der Waals surface area contributed by atoms with E-state index in [0.29, 0.717) is 0 Å². The molecule has 0 heterocycles. The number of rotatable bonds is 2. The monoisotopic (exact) mass is 162 g/mol. The van der Waals surface area contributed by atoms with Crippen molar-refractivity contribution in [3.05, 3.63) is 0 Å². The molecule has 0 bridgehead atoms. The standard InChI is InChI=1S/C4H6N2O3S/c1-10(8,9)2-4(7)6-3-5/h2H2,1H3,(H,6,7). The van der Waals surface area contributed by atoms with Crippen molar-refractivity contribution in [2.45, 2.75) is 0 Å². The van der Waals surface area contributed by atoms with E-state index in [-0.39, 0.29) is 0 Å². The van der Waals surface area contributed by atoms with Gasteiger partial charge in [-0.3, -0.25) is 10.1 Å².